The number of nitrogens with zero attached hydrogens (tertiary/aromatic N) is 1. The first-order chi connectivity index (χ1) is 11.1. The van der Waals surface area contributed by atoms with E-state index in [-0.39, 0.29) is 6.54 Å². The molecule has 1 aromatic carbocycles. The SMILES string of the molecule is COc1cccc(CNC2CC(N(CC(=O)O)CC3CC3)C2)c1. The van der Waals surface area contributed by atoms with Gasteiger partial charge in [-0.15, -0.1) is 0 Å². The molecule has 2 aliphatic carbocycles. The summed E-state index contributed by atoms with van der Waals surface area (Å²) in [4.78, 5) is 13.2. The minimum atomic E-state index is -0.710. The standard InChI is InChI=1S/C18H26N2O3/c1-23-17-4-2-3-14(7-17)10-19-15-8-16(9-15)20(12-18(21)22)11-13-5-6-13/h2-4,7,13,15-16,19H,5-6,8-12H2,1H3,(H,21,22). The maximum atomic E-state index is 11.0. The van der Waals surface area contributed by atoms with Crippen molar-refractivity contribution in [1.82, 2.24) is 10.2 Å². The van der Waals surface area contributed by atoms with Gasteiger partial charge in [-0.25, -0.2) is 0 Å². The van der Waals surface area contributed by atoms with Gasteiger partial charge in [0, 0.05) is 25.2 Å². The summed E-state index contributed by atoms with van der Waals surface area (Å²) < 4.78 is 5.24. The Balaban J connectivity index is 1.43. The highest BCUT2D eigenvalue weighted by atomic mass is 16.5. The lowest BCUT2D eigenvalue weighted by Gasteiger charge is -2.43. The molecular weight excluding hydrogens is 292 g/mol. The first kappa shape index (κ1) is 16.3. The zero-order chi connectivity index (χ0) is 16.2. The van der Waals surface area contributed by atoms with E-state index in [9.17, 15) is 4.79 Å². The van der Waals surface area contributed by atoms with E-state index in [1.54, 1.807) is 7.11 Å². The lowest BCUT2D eigenvalue weighted by Crippen LogP contribution is -2.54. The van der Waals surface area contributed by atoms with Crippen molar-refractivity contribution in [2.75, 3.05) is 20.2 Å². The average Bonchev–Trinajstić information content (AvgIpc) is 3.29. The Bertz CT molecular complexity index is 539. The molecule has 126 valence electrons. The minimum absolute atomic E-state index is 0.184. The first-order valence-corrected chi connectivity index (χ1v) is 8.46. The number of carboxylic acids is 1. The van der Waals surface area contributed by atoms with Crippen molar-refractivity contribution in [2.45, 2.75) is 44.3 Å². The number of rotatable bonds is 9. The number of carboxylic acid groups (broad SMARTS) is 1. The molecule has 2 saturated carbocycles. The molecule has 2 aliphatic rings. The van der Waals surface area contributed by atoms with Gasteiger partial charge in [-0.05, 0) is 49.3 Å². The number of hydrogen-bond acceptors (Lipinski definition) is 4. The van der Waals surface area contributed by atoms with Crippen LogP contribution in [0.2, 0.25) is 0 Å². The molecule has 23 heavy (non-hydrogen) atoms. The van der Waals surface area contributed by atoms with Crippen molar-refractivity contribution in [3.63, 3.8) is 0 Å². The second-order valence-electron chi connectivity index (χ2n) is 6.82. The summed E-state index contributed by atoms with van der Waals surface area (Å²) >= 11 is 0. The summed E-state index contributed by atoms with van der Waals surface area (Å²) in [6.07, 6.45) is 4.62. The predicted molar refractivity (Wildman–Crippen MR) is 88.6 cm³/mol. The van der Waals surface area contributed by atoms with E-state index in [1.807, 2.05) is 18.2 Å². The van der Waals surface area contributed by atoms with Crippen molar-refractivity contribution in [3.8, 4) is 5.75 Å². The minimum Gasteiger partial charge on any atom is -0.497 e. The fraction of sp³-hybridized carbons (Fsp3) is 0.611. The summed E-state index contributed by atoms with van der Waals surface area (Å²) in [5.74, 6) is 0.907. The second-order valence-corrected chi connectivity index (χ2v) is 6.82. The van der Waals surface area contributed by atoms with E-state index in [0.29, 0.717) is 12.1 Å². The molecule has 0 unspecified atom stereocenters. The molecule has 0 saturated heterocycles. The average molecular weight is 318 g/mol. The Morgan fingerprint density at radius 1 is 1.39 bits per heavy atom. The van der Waals surface area contributed by atoms with Crippen LogP contribution in [0.3, 0.4) is 0 Å². The van der Waals surface area contributed by atoms with Crippen LogP contribution in [0.1, 0.15) is 31.2 Å². The van der Waals surface area contributed by atoms with Crippen LogP contribution in [0.25, 0.3) is 0 Å². The lowest BCUT2D eigenvalue weighted by molar-refractivity contribution is -0.139. The third-order valence-corrected chi connectivity index (χ3v) is 4.89. The Kier molecular flexibility index (Phi) is 5.18. The van der Waals surface area contributed by atoms with Crippen LogP contribution in [-0.2, 0) is 11.3 Å². The van der Waals surface area contributed by atoms with Gasteiger partial charge in [-0.2, -0.15) is 0 Å². The quantitative estimate of drug-likeness (QED) is 0.730. The van der Waals surface area contributed by atoms with E-state index >= 15 is 0 Å². The van der Waals surface area contributed by atoms with Crippen molar-refractivity contribution in [1.29, 1.82) is 0 Å². The van der Waals surface area contributed by atoms with Crippen LogP contribution in [-0.4, -0.2) is 48.3 Å². The van der Waals surface area contributed by atoms with Crippen LogP contribution >= 0.6 is 0 Å². The highest BCUT2D eigenvalue weighted by Gasteiger charge is 2.36. The number of carbonyl (C=O) groups is 1. The molecule has 0 bridgehead atoms. The van der Waals surface area contributed by atoms with E-state index < -0.39 is 5.97 Å². The number of ether oxygens (including phenoxy) is 1. The van der Waals surface area contributed by atoms with Crippen molar-refractivity contribution in [3.05, 3.63) is 29.8 Å². The van der Waals surface area contributed by atoms with Gasteiger partial charge in [-0.3, -0.25) is 9.69 Å². The van der Waals surface area contributed by atoms with Gasteiger partial charge in [0.2, 0.25) is 0 Å². The molecule has 0 radical (unpaired) electrons. The van der Waals surface area contributed by atoms with Crippen LogP contribution in [0.4, 0.5) is 0 Å². The molecule has 5 heteroatoms. The normalized spacial score (nSPS) is 23.6. The molecular formula is C18H26N2O3. The Hall–Kier alpha value is -1.59. The maximum Gasteiger partial charge on any atom is 0.317 e. The number of methoxy groups -OCH3 is 1. The summed E-state index contributed by atoms with van der Waals surface area (Å²) in [6.45, 7) is 1.97. The molecule has 0 spiro atoms. The smallest absolute Gasteiger partial charge is 0.317 e. The van der Waals surface area contributed by atoms with Crippen molar-refractivity contribution < 1.29 is 14.6 Å². The number of nitrogens with one attached hydrogen (secondary N) is 1. The molecule has 0 atom stereocenters. The molecule has 0 amide bonds. The van der Waals surface area contributed by atoms with Gasteiger partial charge in [0.1, 0.15) is 5.75 Å². The Morgan fingerprint density at radius 3 is 2.83 bits per heavy atom. The Morgan fingerprint density at radius 2 is 2.17 bits per heavy atom. The number of aliphatic carboxylic acids is 1. The fourth-order valence-electron chi connectivity index (χ4n) is 3.25. The third-order valence-electron chi connectivity index (χ3n) is 4.89. The second kappa shape index (κ2) is 7.32. The largest absolute Gasteiger partial charge is 0.497 e. The third kappa shape index (κ3) is 4.69. The van der Waals surface area contributed by atoms with Gasteiger partial charge < -0.3 is 15.2 Å². The molecule has 5 nitrogen and oxygen atoms in total. The topological polar surface area (TPSA) is 61.8 Å². The van der Waals surface area contributed by atoms with Crippen LogP contribution in [0.5, 0.6) is 5.75 Å². The predicted octanol–water partition coefficient (Wildman–Crippen LogP) is 2.11. The van der Waals surface area contributed by atoms with E-state index in [1.165, 1.54) is 18.4 Å². The number of hydrogen-bond donors (Lipinski definition) is 2. The molecule has 3 rings (SSSR count). The monoisotopic (exact) mass is 318 g/mol. The summed E-state index contributed by atoms with van der Waals surface area (Å²) in [6, 6.07) is 9.01. The van der Waals surface area contributed by atoms with Gasteiger partial charge in [0.15, 0.2) is 0 Å². The molecule has 0 aliphatic heterocycles. The Labute approximate surface area is 137 Å². The summed E-state index contributed by atoms with van der Waals surface area (Å²) in [5.41, 5.74) is 1.22. The van der Waals surface area contributed by atoms with Crippen molar-refractivity contribution in [2.24, 2.45) is 5.92 Å². The van der Waals surface area contributed by atoms with Gasteiger partial charge >= 0.3 is 5.97 Å². The molecule has 0 heterocycles. The van der Waals surface area contributed by atoms with Crippen molar-refractivity contribution >= 4 is 5.97 Å². The molecule has 2 N–H and O–H groups in total. The van der Waals surface area contributed by atoms with Gasteiger partial charge in [0.25, 0.3) is 0 Å². The van der Waals surface area contributed by atoms with E-state index in [4.69, 9.17) is 9.84 Å². The van der Waals surface area contributed by atoms with Crippen LogP contribution in [0.15, 0.2) is 24.3 Å². The number of benzene rings is 1. The lowest BCUT2D eigenvalue weighted by atomic mass is 9.85. The van der Waals surface area contributed by atoms with Gasteiger partial charge in [-0.1, -0.05) is 12.1 Å². The zero-order valence-electron chi connectivity index (χ0n) is 13.7. The maximum absolute atomic E-state index is 11.0. The van der Waals surface area contributed by atoms with Crippen LogP contribution in [0, 0.1) is 5.92 Å². The molecule has 2 fully saturated rings. The molecule has 1 aromatic rings. The first-order valence-electron chi connectivity index (χ1n) is 8.46. The van der Waals surface area contributed by atoms with Gasteiger partial charge in [0.05, 0.1) is 13.7 Å². The summed E-state index contributed by atoms with van der Waals surface area (Å²) in [5, 5.41) is 12.6. The molecule has 0 aromatic heterocycles. The fourth-order valence-corrected chi connectivity index (χ4v) is 3.25. The zero-order valence-corrected chi connectivity index (χ0v) is 13.7. The van der Waals surface area contributed by atoms with E-state index in [2.05, 4.69) is 16.3 Å². The van der Waals surface area contributed by atoms with Crippen LogP contribution < -0.4 is 10.1 Å². The highest BCUT2D eigenvalue weighted by Crippen LogP contribution is 2.33. The summed E-state index contributed by atoms with van der Waals surface area (Å²) in [7, 11) is 1.68. The highest BCUT2D eigenvalue weighted by molar-refractivity contribution is 5.69. The van der Waals surface area contributed by atoms with E-state index in [0.717, 1.165) is 37.6 Å².